The highest BCUT2D eigenvalue weighted by Crippen LogP contribution is 2.17. The topological polar surface area (TPSA) is 78.9 Å². The maximum atomic E-state index is 12.8. The molecule has 0 fully saturated rings. The smallest absolute Gasteiger partial charge is 0.306 e. The van der Waals surface area contributed by atoms with Crippen molar-refractivity contribution in [2.75, 3.05) is 13.2 Å². The average molecular weight is 821 g/mol. The second-order valence-electron chi connectivity index (χ2n) is 18.3. The molecule has 6 heteroatoms. The molecule has 0 saturated heterocycles. The Kier molecular flexibility index (Phi) is 45.2. The van der Waals surface area contributed by atoms with Crippen LogP contribution in [0.25, 0.3) is 0 Å². The average Bonchev–Trinajstić information content (AvgIpc) is 3.21. The number of ether oxygens (including phenoxy) is 3. The Hall–Kier alpha value is -1.59. The van der Waals surface area contributed by atoms with Crippen LogP contribution < -0.4 is 0 Å². The third-order valence-electron chi connectivity index (χ3n) is 11.8. The summed E-state index contributed by atoms with van der Waals surface area (Å²) in [6.07, 6.45) is 48.0. The Bertz CT molecular complexity index is 872. The van der Waals surface area contributed by atoms with Crippen molar-refractivity contribution in [1.29, 1.82) is 0 Å². The number of hydrogen-bond donors (Lipinski definition) is 0. The van der Waals surface area contributed by atoms with Crippen molar-refractivity contribution >= 4 is 17.9 Å². The molecule has 0 aliphatic heterocycles. The Balaban J connectivity index is 4.31. The Morgan fingerprint density at radius 3 is 0.845 bits per heavy atom. The van der Waals surface area contributed by atoms with Gasteiger partial charge in [-0.25, -0.2) is 0 Å². The van der Waals surface area contributed by atoms with E-state index in [0.717, 1.165) is 63.7 Å². The van der Waals surface area contributed by atoms with Gasteiger partial charge in [0.25, 0.3) is 0 Å². The largest absolute Gasteiger partial charge is 0.462 e. The maximum absolute atomic E-state index is 12.8. The highest BCUT2D eigenvalue weighted by atomic mass is 16.6. The van der Waals surface area contributed by atoms with Crippen LogP contribution in [0.4, 0.5) is 0 Å². The molecule has 0 aromatic carbocycles. The first-order valence-electron chi connectivity index (χ1n) is 25.9. The number of carbonyl (C=O) groups excluding carboxylic acids is 3. The van der Waals surface area contributed by atoms with Gasteiger partial charge >= 0.3 is 17.9 Å². The molecule has 58 heavy (non-hydrogen) atoms. The Labute approximate surface area is 361 Å². The second kappa shape index (κ2) is 46.5. The number of unbranched alkanes of at least 4 members (excludes halogenated alkanes) is 34. The van der Waals surface area contributed by atoms with Crippen LogP contribution in [0.5, 0.6) is 0 Å². The van der Waals surface area contributed by atoms with Crippen LogP contribution >= 0.6 is 0 Å². The quantitative estimate of drug-likeness (QED) is 0.0346. The fourth-order valence-electron chi connectivity index (χ4n) is 7.86. The van der Waals surface area contributed by atoms with Gasteiger partial charge in [-0.05, 0) is 25.2 Å². The minimum absolute atomic E-state index is 0.0628. The number of carbonyl (C=O) groups is 3. The van der Waals surface area contributed by atoms with Gasteiger partial charge in [-0.15, -0.1) is 0 Å². The predicted octanol–water partition coefficient (Wildman–Crippen LogP) is 16.7. The lowest BCUT2D eigenvalue weighted by Gasteiger charge is -2.18. The van der Waals surface area contributed by atoms with E-state index in [0.29, 0.717) is 19.3 Å². The summed E-state index contributed by atoms with van der Waals surface area (Å²) < 4.78 is 16.8. The van der Waals surface area contributed by atoms with E-state index in [9.17, 15) is 14.4 Å². The zero-order valence-corrected chi connectivity index (χ0v) is 39.5. The highest BCUT2D eigenvalue weighted by molar-refractivity contribution is 5.71. The fourth-order valence-corrected chi connectivity index (χ4v) is 7.86. The van der Waals surface area contributed by atoms with Crippen LogP contribution in [-0.4, -0.2) is 37.2 Å². The van der Waals surface area contributed by atoms with Crippen molar-refractivity contribution in [3.05, 3.63) is 0 Å². The van der Waals surface area contributed by atoms with Gasteiger partial charge < -0.3 is 14.2 Å². The molecule has 0 aliphatic carbocycles. The molecule has 0 aliphatic rings. The third-order valence-corrected chi connectivity index (χ3v) is 11.8. The van der Waals surface area contributed by atoms with E-state index in [1.807, 2.05) is 0 Å². The van der Waals surface area contributed by atoms with E-state index in [4.69, 9.17) is 14.2 Å². The Morgan fingerprint density at radius 2 is 0.569 bits per heavy atom. The van der Waals surface area contributed by atoms with Gasteiger partial charge in [0.1, 0.15) is 13.2 Å². The number of rotatable bonds is 47. The molecule has 0 saturated carbocycles. The van der Waals surface area contributed by atoms with Crippen molar-refractivity contribution in [1.82, 2.24) is 0 Å². The molecule has 6 nitrogen and oxygen atoms in total. The third kappa shape index (κ3) is 45.5. The van der Waals surface area contributed by atoms with Crippen molar-refractivity contribution in [2.24, 2.45) is 5.92 Å². The van der Waals surface area contributed by atoms with Gasteiger partial charge in [0.15, 0.2) is 6.10 Å². The molecule has 0 aromatic heterocycles. The lowest BCUT2D eigenvalue weighted by molar-refractivity contribution is -0.167. The molecule has 0 N–H and O–H groups in total. The summed E-state index contributed by atoms with van der Waals surface area (Å²) in [5, 5.41) is 0. The molecule has 0 aromatic rings. The van der Waals surface area contributed by atoms with Crippen molar-refractivity contribution in [3.8, 4) is 0 Å². The van der Waals surface area contributed by atoms with Crippen LogP contribution in [0.2, 0.25) is 0 Å². The van der Waals surface area contributed by atoms with Gasteiger partial charge in [-0.1, -0.05) is 252 Å². The summed E-state index contributed by atoms with van der Waals surface area (Å²) in [4.78, 5) is 37.9. The van der Waals surface area contributed by atoms with E-state index in [1.165, 1.54) is 186 Å². The van der Waals surface area contributed by atoms with Crippen LogP contribution in [0.3, 0.4) is 0 Å². The normalized spacial score (nSPS) is 11.9. The summed E-state index contributed by atoms with van der Waals surface area (Å²) >= 11 is 0. The highest BCUT2D eigenvalue weighted by Gasteiger charge is 2.19. The lowest BCUT2D eigenvalue weighted by Crippen LogP contribution is -2.30. The summed E-state index contributed by atoms with van der Waals surface area (Å²) in [5.74, 6) is -0.0361. The first-order valence-corrected chi connectivity index (χ1v) is 25.9. The lowest BCUT2D eigenvalue weighted by atomic mass is 10.0. The van der Waals surface area contributed by atoms with Crippen LogP contribution in [-0.2, 0) is 28.6 Å². The minimum atomic E-state index is -0.760. The molecule has 0 spiro atoms. The molecular weight excluding hydrogens is 721 g/mol. The van der Waals surface area contributed by atoms with E-state index >= 15 is 0 Å². The van der Waals surface area contributed by atoms with Gasteiger partial charge in [0.05, 0.1) is 0 Å². The summed E-state index contributed by atoms with van der Waals surface area (Å²) in [6.45, 7) is 9.01. The fraction of sp³-hybridized carbons (Fsp3) is 0.942. The summed E-state index contributed by atoms with van der Waals surface area (Å²) in [7, 11) is 0. The van der Waals surface area contributed by atoms with E-state index in [2.05, 4.69) is 27.7 Å². The maximum Gasteiger partial charge on any atom is 0.306 e. The molecule has 0 bridgehead atoms. The van der Waals surface area contributed by atoms with Crippen molar-refractivity contribution in [2.45, 2.75) is 297 Å². The predicted molar refractivity (Wildman–Crippen MR) is 247 cm³/mol. The zero-order chi connectivity index (χ0) is 42.4. The van der Waals surface area contributed by atoms with Gasteiger partial charge in [0.2, 0.25) is 0 Å². The number of esters is 3. The van der Waals surface area contributed by atoms with Gasteiger partial charge in [0, 0.05) is 19.3 Å². The molecular formula is C52H100O6. The minimum Gasteiger partial charge on any atom is -0.462 e. The molecule has 0 amide bonds. The van der Waals surface area contributed by atoms with Crippen LogP contribution in [0, 0.1) is 5.92 Å². The molecule has 0 heterocycles. The molecule has 1 atom stereocenters. The second-order valence-corrected chi connectivity index (χ2v) is 18.3. The van der Waals surface area contributed by atoms with E-state index in [1.54, 1.807) is 0 Å². The standard InChI is InChI=1S/C52H100O6/c1-5-7-9-11-13-15-17-19-21-23-27-31-35-39-43-50(53)56-46-49(47-57-51(54)44-40-36-32-29-25-26-30-34-38-42-48(3)4)58-52(55)45-41-37-33-28-24-22-20-18-16-14-12-10-8-6-2/h48-49H,5-47H2,1-4H3/t49-/m0/s1. The molecule has 0 unspecified atom stereocenters. The van der Waals surface area contributed by atoms with Crippen molar-refractivity contribution in [3.63, 3.8) is 0 Å². The van der Waals surface area contributed by atoms with Gasteiger partial charge in [-0.2, -0.15) is 0 Å². The zero-order valence-electron chi connectivity index (χ0n) is 39.5. The first kappa shape index (κ1) is 56.4. The number of hydrogen-bond acceptors (Lipinski definition) is 6. The Morgan fingerprint density at radius 1 is 0.328 bits per heavy atom. The monoisotopic (exact) mass is 821 g/mol. The van der Waals surface area contributed by atoms with Crippen molar-refractivity contribution < 1.29 is 28.6 Å². The molecule has 344 valence electrons. The summed E-state index contributed by atoms with van der Waals surface area (Å²) in [6, 6.07) is 0. The SMILES string of the molecule is CCCCCCCCCCCCCCCCC(=O)OC[C@@H](COC(=O)CCCCCCCCCCCC(C)C)OC(=O)CCCCCCCCCCCCCCCC. The van der Waals surface area contributed by atoms with E-state index < -0.39 is 6.10 Å². The molecule has 0 rings (SSSR count). The van der Waals surface area contributed by atoms with Gasteiger partial charge in [-0.3, -0.25) is 14.4 Å². The van der Waals surface area contributed by atoms with Crippen LogP contribution in [0.1, 0.15) is 291 Å². The summed E-state index contributed by atoms with van der Waals surface area (Å²) in [5.41, 5.74) is 0. The van der Waals surface area contributed by atoms with Crippen LogP contribution in [0.15, 0.2) is 0 Å². The first-order chi connectivity index (χ1) is 28.4. The van der Waals surface area contributed by atoms with E-state index in [-0.39, 0.29) is 31.1 Å². The molecule has 0 radical (unpaired) electrons.